The summed E-state index contributed by atoms with van der Waals surface area (Å²) in [6, 6.07) is 5.08. The smallest absolute Gasteiger partial charge is 0.347 e. The molecule has 0 spiro atoms. The summed E-state index contributed by atoms with van der Waals surface area (Å²) in [6.07, 6.45) is 1.48. The van der Waals surface area contributed by atoms with E-state index in [1.54, 1.807) is 12.1 Å². The number of carbonyl (C=O) groups excluding carboxylic acids is 3. The van der Waals surface area contributed by atoms with Crippen molar-refractivity contribution in [3.05, 3.63) is 29.8 Å². The SMILES string of the molecule is CCCNC(=O)c1ccccc1NS(=O)(=O)C1C=NC(=O)NC1=O. The van der Waals surface area contributed by atoms with Crippen LogP contribution in [0.25, 0.3) is 0 Å². The Kier molecular flexibility index (Phi) is 5.29. The molecule has 2 rings (SSSR count). The topological polar surface area (TPSA) is 134 Å². The Balaban J connectivity index is 2.27. The van der Waals surface area contributed by atoms with Gasteiger partial charge < -0.3 is 5.32 Å². The van der Waals surface area contributed by atoms with E-state index in [1.807, 2.05) is 12.2 Å². The quantitative estimate of drug-likeness (QED) is 0.675. The van der Waals surface area contributed by atoms with Gasteiger partial charge in [0.2, 0.25) is 10.0 Å². The highest BCUT2D eigenvalue weighted by atomic mass is 32.2. The van der Waals surface area contributed by atoms with E-state index in [2.05, 4.69) is 15.0 Å². The molecule has 1 aromatic carbocycles. The van der Waals surface area contributed by atoms with Crippen molar-refractivity contribution >= 4 is 39.8 Å². The number of anilines is 1. The van der Waals surface area contributed by atoms with Gasteiger partial charge in [0.05, 0.1) is 11.3 Å². The maximum atomic E-state index is 12.4. The summed E-state index contributed by atoms with van der Waals surface area (Å²) < 4.78 is 26.9. The zero-order valence-electron chi connectivity index (χ0n) is 12.8. The number of aliphatic imine (C=N–C) groups is 1. The lowest BCUT2D eigenvalue weighted by molar-refractivity contribution is -0.118. The van der Waals surface area contributed by atoms with Crippen molar-refractivity contribution in [2.24, 2.45) is 4.99 Å². The molecule has 9 nitrogen and oxygen atoms in total. The second-order valence-corrected chi connectivity index (χ2v) is 6.74. The average molecular weight is 352 g/mol. The Bertz CT molecular complexity index is 803. The molecule has 0 saturated carbocycles. The molecule has 0 aromatic heterocycles. The molecule has 1 atom stereocenters. The van der Waals surface area contributed by atoms with E-state index < -0.39 is 33.1 Å². The maximum Gasteiger partial charge on any atom is 0.347 e. The first-order chi connectivity index (χ1) is 11.3. The average Bonchev–Trinajstić information content (AvgIpc) is 2.52. The number of carbonyl (C=O) groups is 3. The van der Waals surface area contributed by atoms with Gasteiger partial charge in [-0.25, -0.2) is 18.2 Å². The van der Waals surface area contributed by atoms with Crippen LogP contribution in [0.4, 0.5) is 10.5 Å². The second-order valence-electron chi connectivity index (χ2n) is 4.94. The van der Waals surface area contributed by atoms with E-state index in [0.29, 0.717) is 6.54 Å². The predicted molar refractivity (Wildman–Crippen MR) is 87.4 cm³/mol. The van der Waals surface area contributed by atoms with Crippen molar-refractivity contribution in [1.29, 1.82) is 0 Å². The van der Waals surface area contributed by atoms with Crippen LogP contribution in [0.2, 0.25) is 0 Å². The van der Waals surface area contributed by atoms with Gasteiger partial charge in [-0.1, -0.05) is 19.1 Å². The van der Waals surface area contributed by atoms with Gasteiger partial charge in [0.15, 0.2) is 5.25 Å². The molecular formula is C14H16N4O5S. The molecule has 24 heavy (non-hydrogen) atoms. The van der Waals surface area contributed by atoms with Crippen LogP contribution in [0.5, 0.6) is 0 Å². The molecule has 0 saturated heterocycles. The van der Waals surface area contributed by atoms with Crippen LogP contribution in [0.1, 0.15) is 23.7 Å². The van der Waals surface area contributed by atoms with Gasteiger partial charge in [-0.15, -0.1) is 0 Å². The van der Waals surface area contributed by atoms with Crippen molar-refractivity contribution in [3.8, 4) is 0 Å². The fourth-order valence-electron chi connectivity index (χ4n) is 1.95. The monoisotopic (exact) mass is 352 g/mol. The first-order valence-electron chi connectivity index (χ1n) is 7.13. The van der Waals surface area contributed by atoms with Crippen LogP contribution < -0.4 is 15.4 Å². The first kappa shape index (κ1) is 17.6. The summed E-state index contributed by atoms with van der Waals surface area (Å²) in [5, 5.41) is 2.79. The molecule has 1 aliphatic rings. The van der Waals surface area contributed by atoms with E-state index in [0.717, 1.165) is 12.6 Å². The number of urea groups is 1. The van der Waals surface area contributed by atoms with Crippen molar-refractivity contribution in [1.82, 2.24) is 10.6 Å². The maximum absolute atomic E-state index is 12.4. The molecule has 0 bridgehead atoms. The number of imide groups is 1. The normalized spacial score (nSPS) is 17.3. The zero-order chi connectivity index (χ0) is 17.7. The Morgan fingerprint density at radius 2 is 2.00 bits per heavy atom. The number of sulfonamides is 1. The number of hydrogen-bond acceptors (Lipinski definition) is 5. The summed E-state index contributed by atoms with van der Waals surface area (Å²) >= 11 is 0. The molecule has 1 unspecified atom stereocenters. The standard InChI is InChI=1S/C14H16N4O5S/c1-2-7-15-12(19)9-5-3-4-6-10(9)18-24(22,23)11-8-16-14(21)17-13(11)20/h3-6,8,11,18H,2,7H2,1H3,(H,15,19)(H,17,20,21). The lowest BCUT2D eigenvalue weighted by Gasteiger charge is -2.18. The number of hydrogen-bond donors (Lipinski definition) is 3. The number of amides is 4. The van der Waals surface area contributed by atoms with Crippen LogP contribution >= 0.6 is 0 Å². The highest BCUT2D eigenvalue weighted by molar-refractivity contribution is 7.94. The zero-order valence-corrected chi connectivity index (χ0v) is 13.6. The molecule has 128 valence electrons. The van der Waals surface area contributed by atoms with Crippen LogP contribution in [0.15, 0.2) is 29.3 Å². The molecule has 10 heteroatoms. The molecular weight excluding hydrogens is 336 g/mol. The third-order valence-electron chi connectivity index (χ3n) is 3.11. The molecule has 4 amide bonds. The number of nitrogens with zero attached hydrogens (tertiary/aromatic N) is 1. The highest BCUT2D eigenvalue weighted by Crippen LogP contribution is 2.18. The van der Waals surface area contributed by atoms with Gasteiger partial charge >= 0.3 is 6.03 Å². The van der Waals surface area contributed by atoms with Crippen molar-refractivity contribution < 1.29 is 22.8 Å². The number of para-hydroxylation sites is 1. The summed E-state index contributed by atoms with van der Waals surface area (Å²) in [6.45, 7) is 2.33. The Morgan fingerprint density at radius 1 is 1.29 bits per heavy atom. The van der Waals surface area contributed by atoms with Crippen LogP contribution in [-0.2, 0) is 14.8 Å². The van der Waals surface area contributed by atoms with Gasteiger partial charge in [0.25, 0.3) is 11.8 Å². The fraction of sp³-hybridized carbons (Fsp3) is 0.286. The minimum Gasteiger partial charge on any atom is -0.352 e. The third kappa shape index (κ3) is 3.96. The molecule has 0 fully saturated rings. The molecule has 1 aromatic rings. The lowest BCUT2D eigenvalue weighted by Crippen LogP contribution is -2.48. The van der Waals surface area contributed by atoms with Gasteiger partial charge in [-0.3, -0.25) is 19.6 Å². The second kappa shape index (κ2) is 7.21. The molecule has 0 radical (unpaired) electrons. The van der Waals surface area contributed by atoms with E-state index in [-0.39, 0.29) is 11.3 Å². The summed E-state index contributed by atoms with van der Waals surface area (Å²) in [5.41, 5.74) is 0.156. The molecule has 0 aliphatic carbocycles. The van der Waals surface area contributed by atoms with Crippen LogP contribution in [-0.4, -0.2) is 44.3 Å². The highest BCUT2D eigenvalue weighted by Gasteiger charge is 2.35. The van der Waals surface area contributed by atoms with E-state index in [1.165, 1.54) is 12.1 Å². The van der Waals surface area contributed by atoms with Crippen molar-refractivity contribution in [2.45, 2.75) is 18.6 Å². The van der Waals surface area contributed by atoms with E-state index in [9.17, 15) is 22.8 Å². The van der Waals surface area contributed by atoms with Crippen molar-refractivity contribution in [2.75, 3.05) is 11.3 Å². The Labute approximate surface area is 138 Å². The predicted octanol–water partition coefficient (Wildman–Crippen LogP) is 0.257. The minimum absolute atomic E-state index is 0.0317. The van der Waals surface area contributed by atoms with E-state index >= 15 is 0 Å². The third-order valence-corrected chi connectivity index (χ3v) is 4.62. The minimum atomic E-state index is -4.23. The Morgan fingerprint density at radius 3 is 2.67 bits per heavy atom. The van der Waals surface area contributed by atoms with Gasteiger partial charge in [-0.2, -0.15) is 0 Å². The number of nitrogens with one attached hydrogen (secondary N) is 3. The summed E-state index contributed by atoms with van der Waals surface area (Å²) in [7, 11) is -4.23. The molecule has 1 aliphatic heterocycles. The summed E-state index contributed by atoms with van der Waals surface area (Å²) in [5.74, 6) is -1.44. The van der Waals surface area contributed by atoms with Crippen LogP contribution in [0.3, 0.4) is 0 Å². The first-order valence-corrected chi connectivity index (χ1v) is 8.67. The largest absolute Gasteiger partial charge is 0.352 e. The van der Waals surface area contributed by atoms with Gasteiger partial charge in [-0.05, 0) is 18.6 Å². The van der Waals surface area contributed by atoms with E-state index in [4.69, 9.17) is 0 Å². The molecule has 1 heterocycles. The van der Waals surface area contributed by atoms with Gasteiger partial charge in [0.1, 0.15) is 0 Å². The van der Waals surface area contributed by atoms with Crippen molar-refractivity contribution in [3.63, 3.8) is 0 Å². The Hall–Kier alpha value is -2.75. The fourth-order valence-corrected chi connectivity index (χ4v) is 3.13. The number of benzene rings is 1. The molecule has 3 N–H and O–H groups in total. The lowest BCUT2D eigenvalue weighted by atomic mass is 10.1. The summed E-state index contributed by atoms with van der Waals surface area (Å²) in [4.78, 5) is 38.0. The number of rotatable bonds is 6. The van der Waals surface area contributed by atoms with Gasteiger partial charge in [0, 0.05) is 12.8 Å². The van der Waals surface area contributed by atoms with Crippen LogP contribution in [0, 0.1) is 0 Å².